The van der Waals surface area contributed by atoms with E-state index >= 15 is 0 Å². The molecule has 26 heavy (non-hydrogen) atoms. The van der Waals surface area contributed by atoms with Crippen LogP contribution in [0.2, 0.25) is 0 Å². The van der Waals surface area contributed by atoms with Gasteiger partial charge in [0, 0.05) is 11.6 Å². The van der Waals surface area contributed by atoms with Gasteiger partial charge in [-0.05, 0) is 23.6 Å². The maximum atomic E-state index is 11.6. The van der Waals surface area contributed by atoms with E-state index in [0.717, 1.165) is 11.1 Å². The van der Waals surface area contributed by atoms with E-state index in [1.807, 2.05) is 90.1 Å². The molecule has 140 valence electrons. The molecule has 0 aliphatic carbocycles. The van der Waals surface area contributed by atoms with Crippen LogP contribution in [0.3, 0.4) is 0 Å². The second-order valence-corrected chi connectivity index (χ2v) is 4.64. The lowest BCUT2D eigenvalue weighted by Gasteiger charge is -2.09. The first kappa shape index (κ1) is 23.3. The van der Waals surface area contributed by atoms with Gasteiger partial charge in [0.2, 0.25) is 0 Å². The molecule has 0 unspecified atom stereocenters. The lowest BCUT2D eigenvalue weighted by atomic mass is 9.98. The Bertz CT molecular complexity index is 768. The Morgan fingerprint density at radius 3 is 1.96 bits per heavy atom. The number of para-hydroxylation sites is 1. The first-order valence-corrected chi connectivity index (χ1v) is 9.39. The minimum Gasteiger partial charge on any atom is -0.478 e. The third-order valence-corrected chi connectivity index (χ3v) is 3.31. The van der Waals surface area contributed by atoms with Crippen molar-refractivity contribution in [3.8, 4) is 0 Å². The van der Waals surface area contributed by atoms with Gasteiger partial charge in [-0.15, -0.1) is 0 Å². The zero-order valence-electron chi connectivity index (χ0n) is 16.8. The van der Waals surface area contributed by atoms with Crippen LogP contribution in [-0.2, 0) is 6.42 Å². The third-order valence-electron chi connectivity index (χ3n) is 3.31. The maximum Gasteiger partial charge on any atom is 0.336 e. The van der Waals surface area contributed by atoms with Gasteiger partial charge in [0.1, 0.15) is 0 Å². The Morgan fingerprint density at radius 2 is 1.38 bits per heavy atom. The summed E-state index contributed by atoms with van der Waals surface area (Å²) in [5, 5.41) is 10.2. The molecule has 1 heterocycles. The summed E-state index contributed by atoms with van der Waals surface area (Å²) in [4.78, 5) is 16.0. The van der Waals surface area contributed by atoms with E-state index in [2.05, 4.69) is 4.98 Å². The van der Waals surface area contributed by atoms with Gasteiger partial charge >= 0.3 is 5.97 Å². The van der Waals surface area contributed by atoms with Crippen molar-refractivity contribution in [2.45, 2.75) is 48.0 Å². The van der Waals surface area contributed by atoms with Crippen molar-refractivity contribution >= 4 is 16.9 Å². The molecule has 1 aromatic heterocycles. The Kier molecular flexibility index (Phi) is 12.2. The monoisotopic (exact) mass is 353 g/mol. The van der Waals surface area contributed by atoms with E-state index in [9.17, 15) is 9.90 Å². The van der Waals surface area contributed by atoms with E-state index in [-0.39, 0.29) is 0 Å². The van der Waals surface area contributed by atoms with E-state index < -0.39 is 5.97 Å². The Labute approximate surface area is 157 Å². The summed E-state index contributed by atoms with van der Waals surface area (Å²) in [6.45, 7) is 12.0. The molecule has 0 spiro atoms. The normalized spacial score (nSPS) is 8.85. The molecule has 0 fully saturated rings. The van der Waals surface area contributed by atoms with Gasteiger partial charge in [-0.1, -0.05) is 90.1 Å². The average molecular weight is 354 g/mol. The first-order valence-electron chi connectivity index (χ1n) is 9.39. The van der Waals surface area contributed by atoms with Crippen molar-refractivity contribution in [2.24, 2.45) is 0 Å². The molecule has 0 aliphatic heterocycles. The van der Waals surface area contributed by atoms with Crippen LogP contribution >= 0.6 is 0 Å². The molecule has 2 aromatic carbocycles. The Hall–Kier alpha value is -2.68. The molecule has 3 heteroatoms. The summed E-state index contributed by atoms with van der Waals surface area (Å²) in [6, 6.07) is 17.1. The number of rotatable bonds is 3. The van der Waals surface area contributed by atoms with Gasteiger partial charge in [-0.25, -0.2) is 4.79 Å². The molecule has 3 rings (SSSR count). The van der Waals surface area contributed by atoms with Crippen LogP contribution in [-0.4, -0.2) is 16.1 Å². The van der Waals surface area contributed by atoms with Crippen molar-refractivity contribution in [3.05, 3.63) is 77.5 Å². The van der Waals surface area contributed by atoms with E-state index in [0.29, 0.717) is 22.9 Å². The number of carbonyl (C=O) groups is 1. The number of hydrogen-bond acceptors (Lipinski definition) is 2. The molecule has 3 aromatic rings. The fourth-order valence-electron chi connectivity index (χ4n) is 2.38. The second kappa shape index (κ2) is 13.6. The average Bonchev–Trinajstić information content (AvgIpc) is 2.73. The second-order valence-electron chi connectivity index (χ2n) is 4.64. The van der Waals surface area contributed by atoms with Crippen molar-refractivity contribution in [1.82, 2.24) is 4.98 Å². The quantitative estimate of drug-likeness (QED) is 0.577. The minimum atomic E-state index is -0.908. The molecule has 1 N–H and O–H groups in total. The Balaban J connectivity index is 0.000000948. The number of carboxylic acids is 1. The van der Waals surface area contributed by atoms with Crippen LogP contribution < -0.4 is 0 Å². The first-order chi connectivity index (χ1) is 12.8. The van der Waals surface area contributed by atoms with Gasteiger partial charge in [0.05, 0.1) is 11.1 Å². The zero-order chi connectivity index (χ0) is 19.9. The zero-order valence-corrected chi connectivity index (χ0v) is 16.8. The molecule has 0 amide bonds. The van der Waals surface area contributed by atoms with Crippen molar-refractivity contribution in [1.29, 1.82) is 0 Å². The molecule has 0 atom stereocenters. The fraction of sp³-hybridized carbons (Fsp3) is 0.304. The molecule has 0 bridgehead atoms. The SMILES string of the molecule is CC.CC.CC.O=C(O)c1c(Cc2ccccc2)cnc2ccccc12. The molecular weight excluding hydrogens is 322 g/mol. The largest absolute Gasteiger partial charge is 0.478 e. The predicted octanol–water partition coefficient (Wildman–Crippen LogP) is 6.60. The number of nitrogens with zero attached hydrogens (tertiary/aromatic N) is 1. The summed E-state index contributed by atoms with van der Waals surface area (Å²) in [7, 11) is 0. The highest BCUT2D eigenvalue weighted by atomic mass is 16.4. The molecular formula is C23H31NO2. The summed E-state index contributed by atoms with van der Waals surface area (Å²) in [5.41, 5.74) is 2.87. The number of aromatic carboxylic acids is 1. The summed E-state index contributed by atoms with van der Waals surface area (Å²) < 4.78 is 0. The van der Waals surface area contributed by atoms with Gasteiger partial charge in [0.15, 0.2) is 0 Å². The highest BCUT2D eigenvalue weighted by molar-refractivity contribution is 6.03. The highest BCUT2D eigenvalue weighted by Gasteiger charge is 2.15. The maximum absolute atomic E-state index is 11.6. The van der Waals surface area contributed by atoms with Crippen molar-refractivity contribution < 1.29 is 9.90 Å². The van der Waals surface area contributed by atoms with Gasteiger partial charge < -0.3 is 5.11 Å². The van der Waals surface area contributed by atoms with E-state index in [1.165, 1.54) is 0 Å². The number of pyridine rings is 1. The topological polar surface area (TPSA) is 50.2 Å². The molecule has 0 saturated heterocycles. The lowest BCUT2D eigenvalue weighted by molar-refractivity contribution is 0.0698. The standard InChI is InChI=1S/C17H13NO2.3C2H6/c19-17(20)16-13(10-12-6-2-1-3-7-12)11-18-15-9-5-4-8-14(15)16;3*1-2/h1-9,11H,10H2,(H,19,20);3*1-2H3. The van der Waals surface area contributed by atoms with Gasteiger partial charge in [-0.2, -0.15) is 0 Å². The van der Waals surface area contributed by atoms with Crippen LogP contribution in [0, 0.1) is 0 Å². The smallest absolute Gasteiger partial charge is 0.336 e. The van der Waals surface area contributed by atoms with Crippen LogP contribution in [0.4, 0.5) is 0 Å². The van der Waals surface area contributed by atoms with E-state index in [4.69, 9.17) is 0 Å². The summed E-state index contributed by atoms with van der Waals surface area (Å²) in [5.74, 6) is -0.908. The number of fused-ring (bicyclic) bond motifs is 1. The van der Waals surface area contributed by atoms with Crippen molar-refractivity contribution in [2.75, 3.05) is 0 Å². The molecule has 0 radical (unpaired) electrons. The number of carboxylic acid groups (broad SMARTS) is 1. The molecule has 0 aliphatic rings. The van der Waals surface area contributed by atoms with Gasteiger partial charge in [0.25, 0.3) is 0 Å². The number of benzene rings is 2. The van der Waals surface area contributed by atoms with E-state index in [1.54, 1.807) is 12.3 Å². The number of hydrogen-bond donors (Lipinski definition) is 1. The van der Waals surface area contributed by atoms with Crippen molar-refractivity contribution in [3.63, 3.8) is 0 Å². The van der Waals surface area contributed by atoms with Crippen LogP contribution in [0.1, 0.15) is 63.0 Å². The third kappa shape index (κ3) is 6.32. The molecule has 3 nitrogen and oxygen atoms in total. The molecule has 0 saturated carbocycles. The van der Waals surface area contributed by atoms with Crippen LogP contribution in [0.15, 0.2) is 60.8 Å². The number of aromatic nitrogens is 1. The summed E-state index contributed by atoms with van der Waals surface area (Å²) >= 11 is 0. The van der Waals surface area contributed by atoms with Gasteiger partial charge in [-0.3, -0.25) is 4.98 Å². The lowest BCUT2D eigenvalue weighted by Crippen LogP contribution is -2.05. The van der Waals surface area contributed by atoms with Crippen LogP contribution in [0.25, 0.3) is 10.9 Å². The summed E-state index contributed by atoms with van der Waals surface area (Å²) in [6.07, 6.45) is 2.24. The minimum absolute atomic E-state index is 0.347. The Morgan fingerprint density at radius 1 is 0.846 bits per heavy atom. The highest BCUT2D eigenvalue weighted by Crippen LogP contribution is 2.22. The predicted molar refractivity (Wildman–Crippen MR) is 112 cm³/mol. The van der Waals surface area contributed by atoms with Crippen LogP contribution in [0.5, 0.6) is 0 Å². The fourth-order valence-corrected chi connectivity index (χ4v) is 2.38.